The molecule has 1 rings (SSSR count). The van der Waals surface area contributed by atoms with Crippen molar-refractivity contribution in [3.05, 3.63) is 21.0 Å². The molecule has 0 saturated carbocycles. The van der Waals surface area contributed by atoms with Crippen LogP contribution in [0, 0.1) is 0 Å². The van der Waals surface area contributed by atoms with Crippen LogP contribution in [-0.4, -0.2) is 40.9 Å². The number of aromatic nitrogens is 2. The summed E-state index contributed by atoms with van der Waals surface area (Å²) in [6.45, 7) is 5.99. The molecule has 1 aromatic rings. The molecule has 0 atom stereocenters. The number of nitrogens with zero attached hydrogens (tertiary/aromatic N) is 3. The van der Waals surface area contributed by atoms with E-state index in [1.165, 1.54) is 4.68 Å². The first-order chi connectivity index (χ1) is 7.93. The summed E-state index contributed by atoms with van der Waals surface area (Å²) < 4.78 is 1.83. The molecular weight excluding hydrogens is 284 g/mol. The van der Waals surface area contributed by atoms with Crippen LogP contribution in [-0.2, 0) is 7.05 Å². The molecule has 1 aromatic heterocycles. The minimum atomic E-state index is -0.132. The third-order valence-electron chi connectivity index (χ3n) is 2.74. The van der Waals surface area contributed by atoms with Gasteiger partial charge in [0.15, 0.2) is 0 Å². The van der Waals surface area contributed by atoms with E-state index in [-0.39, 0.29) is 5.56 Å². The Morgan fingerprint density at radius 3 is 2.82 bits per heavy atom. The van der Waals surface area contributed by atoms with E-state index in [9.17, 15) is 4.79 Å². The zero-order valence-corrected chi connectivity index (χ0v) is 12.3. The second kappa shape index (κ2) is 6.16. The van der Waals surface area contributed by atoms with Gasteiger partial charge in [0, 0.05) is 26.2 Å². The third-order valence-corrected chi connectivity index (χ3v) is 3.51. The number of aryl methyl sites for hydroxylation is 1. The molecule has 1 N–H and O–H groups in total. The Balaban J connectivity index is 2.59. The fourth-order valence-corrected chi connectivity index (χ4v) is 1.76. The number of hydrogen-bond acceptors (Lipinski definition) is 4. The number of halogens is 1. The lowest BCUT2D eigenvalue weighted by atomic mass is 10.3. The lowest BCUT2D eigenvalue weighted by Gasteiger charge is -2.21. The first-order valence-corrected chi connectivity index (χ1v) is 6.38. The maximum atomic E-state index is 11.6. The molecule has 0 fully saturated rings. The highest BCUT2D eigenvalue weighted by Crippen LogP contribution is 2.15. The van der Waals surface area contributed by atoms with Crippen molar-refractivity contribution in [1.82, 2.24) is 14.7 Å². The van der Waals surface area contributed by atoms with E-state index >= 15 is 0 Å². The Morgan fingerprint density at radius 2 is 2.24 bits per heavy atom. The van der Waals surface area contributed by atoms with Crippen molar-refractivity contribution in [1.29, 1.82) is 0 Å². The van der Waals surface area contributed by atoms with Crippen molar-refractivity contribution >= 4 is 21.6 Å². The van der Waals surface area contributed by atoms with Gasteiger partial charge in [-0.05, 0) is 36.8 Å². The van der Waals surface area contributed by atoms with Gasteiger partial charge in [0.1, 0.15) is 4.47 Å². The molecule has 96 valence electrons. The predicted molar refractivity (Wildman–Crippen MR) is 73.4 cm³/mol. The molecule has 0 aromatic carbocycles. The van der Waals surface area contributed by atoms with Gasteiger partial charge in [-0.25, -0.2) is 4.68 Å². The van der Waals surface area contributed by atoms with Crippen LogP contribution in [0.2, 0.25) is 0 Å². The Labute approximate surface area is 110 Å². The lowest BCUT2D eigenvalue weighted by Crippen LogP contribution is -2.31. The highest BCUT2D eigenvalue weighted by Gasteiger charge is 2.07. The summed E-state index contributed by atoms with van der Waals surface area (Å²) in [6.07, 6.45) is 1.65. The smallest absolute Gasteiger partial charge is 0.282 e. The normalized spacial score (nSPS) is 11.2. The fraction of sp³-hybridized carbons (Fsp3) is 0.636. The van der Waals surface area contributed by atoms with Crippen molar-refractivity contribution in [2.24, 2.45) is 7.05 Å². The Kier molecular flexibility index (Phi) is 5.14. The van der Waals surface area contributed by atoms with Gasteiger partial charge in [0.05, 0.1) is 11.9 Å². The molecule has 0 aliphatic rings. The van der Waals surface area contributed by atoms with Gasteiger partial charge in [-0.3, -0.25) is 4.79 Å². The average molecular weight is 303 g/mol. The highest BCUT2D eigenvalue weighted by molar-refractivity contribution is 9.10. The van der Waals surface area contributed by atoms with Crippen LogP contribution in [0.1, 0.15) is 13.8 Å². The summed E-state index contributed by atoms with van der Waals surface area (Å²) in [4.78, 5) is 13.8. The predicted octanol–water partition coefficient (Wildman–Crippen LogP) is 1.29. The second-order valence-electron chi connectivity index (χ2n) is 4.30. The molecule has 0 unspecified atom stereocenters. The summed E-state index contributed by atoms with van der Waals surface area (Å²) in [5.41, 5.74) is 0.609. The molecule has 0 amide bonds. The van der Waals surface area contributed by atoms with Crippen LogP contribution in [0.5, 0.6) is 0 Å². The maximum Gasteiger partial charge on any atom is 0.282 e. The van der Waals surface area contributed by atoms with Crippen LogP contribution in [0.15, 0.2) is 15.5 Å². The largest absolute Gasteiger partial charge is 0.381 e. The fourth-order valence-electron chi connectivity index (χ4n) is 1.26. The first kappa shape index (κ1) is 14.2. The SMILES string of the molecule is CC(C)N(C)CCNc1cnn(C)c(=O)c1Br. The topological polar surface area (TPSA) is 50.2 Å². The highest BCUT2D eigenvalue weighted by atomic mass is 79.9. The maximum absolute atomic E-state index is 11.6. The van der Waals surface area contributed by atoms with Gasteiger partial charge in [0.25, 0.3) is 5.56 Å². The Morgan fingerprint density at radius 1 is 1.59 bits per heavy atom. The molecule has 1 heterocycles. The lowest BCUT2D eigenvalue weighted by molar-refractivity contribution is 0.284. The number of nitrogens with one attached hydrogen (secondary N) is 1. The minimum Gasteiger partial charge on any atom is -0.381 e. The van der Waals surface area contributed by atoms with Crippen LogP contribution in [0.4, 0.5) is 5.69 Å². The summed E-state index contributed by atoms with van der Waals surface area (Å²) in [7, 11) is 3.70. The summed E-state index contributed by atoms with van der Waals surface area (Å²) in [6, 6.07) is 0.516. The van der Waals surface area contributed by atoms with Crippen molar-refractivity contribution < 1.29 is 0 Å². The van der Waals surface area contributed by atoms with Gasteiger partial charge in [-0.1, -0.05) is 0 Å². The summed E-state index contributed by atoms with van der Waals surface area (Å²) >= 11 is 3.28. The van der Waals surface area contributed by atoms with Crippen molar-refractivity contribution in [3.63, 3.8) is 0 Å². The molecule has 0 aliphatic heterocycles. The second-order valence-corrected chi connectivity index (χ2v) is 5.10. The van der Waals surface area contributed by atoms with Crippen LogP contribution in [0.3, 0.4) is 0 Å². The van der Waals surface area contributed by atoms with Gasteiger partial charge in [-0.2, -0.15) is 5.10 Å². The molecule has 6 heteroatoms. The quantitative estimate of drug-likeness (QED) is 0.891. The van der Waals surface area contributed by atoms with Crippen LogP contribution < -0.4 is 10.9 Å². The average Bonchev–Trinajstić information content (AvgIpc) is 2.28. The van der Waals surface area contributed by atoms with E-state index in [1.54, 1.807) is 13.2 Å². The van der Waals surface area contributed by atoms with Crippen LogP contribution >= 0.6 is 15.9 Å². The van der Waals surface area contributed by atoms with E-state index in [0.717, 1.165) is 18.8 Å². The zero-order chi connectivity index (χ0) is 13.0. The third kappa shape index (κ3) is 3.81. The van der Waals surface area contributed by atoms with Crippen LogP contribution in [0.25, 0.3) is 0 Å². The number of likely N-dealkylation sites (N-methyl/N-ethyl adjacent to an activating group) is 1. The summed E-state index contributed by atoms with van der Waals surface area (Å²) in [5, 5.41) is 7.17. The molecular formula is C11H19BrN4O. The number of anilines is 1. The van der Waals surface area contributed by atoms with E-state index in [2.05, 4.69) is 52.1 Å². The van der Waals surface area contributed by atoms with Gasteiger partial charge in [-0.15, -0.1) is 0 Å². The monoisotopic (exact) mass is 302 g/mol. The van der Waals surface area contributed by atoms with E-state index in [0.29, 0.717) is 10.5 Å². The molecule has 17 heavy (non-hydrogen) atoms. The Bertz CT molecular complexity index is 430. The number of hydrogen-bond donors (Lipinski definition) is 1. The zero-order valence-electron chi connectivity index (χ0n) is 10.7. The molecule has 0 aliphatic carbocycles. The minimum absolute atomic E-state index is 0.132. The molecule has 5 nitrogen and oxygen atoms in total. The van der Waals surface area contributed by atoms with Crippen molar-refractivity contribution in [3.8, 4) is 0 Å². The van der Waals surface area contributed by atoms with Gasteiger partial charge in [0.2, 0.25) is 0 Å². The number of rotatable bonds is 5. The van der Waals surface area contributed by atoms with Gasteiger partial charge >= 0.3 is 0 Å². The summed E-state index contributed by atoms with van der Waals surface area (Å²) in [5.74, 6) is 0. The van der Waals surface area contributed by atoms with Crippen molar-refractivity contribution in [2.45, 2.75) is 19.9 Å². The molecule has 0 radical (unpaired) electrons. The standard InChI is InChI=1S/C11H19BrN4O/c1-8(2)15(3)6-5-13-9-7-14-16(4)11(17)10(9)12/h7-8,13H,5-6H2,1-4H3. The van der Waals surface area contributed by atoms with E-state index in [1.807, 2.05) is 0 Å². The van der Waals surface area contributed by atoms with E-state index in [4.69, 9.17) is 0 Å². The molecule has 0 spiro atoms. The van der Waals surface area contributed by atoms with Gasteiger partial charge < -0.3 is 10.2 Å². The Hall–Kier alpha value is -0.880. The van der Waals surface area contributed by atoms with E-state index < -0.39 is 0 Å². The first-order valence-electron chi connectivity index (χ1n) is 5.59. The molecule has 0 bridgehead atoms. The van der Waals surface area contributed by atoms with Crippen molar-refractivity contribution in [2.75, 3.05) is 25.5 Å². The molecule has 0 saturated heterocycles.